The number of nitriles is 1. The zero-order valence-corrected chi connectivity index (χ0v) is 20.8. The van der Waals surface area contributed by atoms with Crippen molar-refractivity contribution in [3.63, 3.8) is 0 Å². The second kappa shape index (κ2) is 9.75. The van der Waals surface area contributed by atoms with Crippen LogP contribution in [0.3, 0.4) is 0 Å². The fraction of sp³-hybridized carbons (Fsp3) is 0.200. The van der Waals surface area contributed by atoms with Crippen molar-refractivity contribution in [2.24, 2.45) is 5.73 Å². The molecule has 0 radical (unpaired) electrons. The maximum Gasteiger partial charge on any atom is 0.379 e. The van der Waals surface area contributed by atoms with Crippen LogP contribution in [0.4, 0.5) is 0 Å². The van der Waals surface area contributed by atoms with Crippen molar-refractivity contribution in [1.82, 2.24) is 0 Å². The van der Waals surface area contributed by atoms with Crippen molar-refractivity contribution in [2.45, 2.75) is 33.1 Å². The third-order valence-corrected chi connectivity index (χ3v) is 6.37. The molecule has 0 fully saturated rings. The molecule has 1 aliphatic rings. The minimum atomic E-state index is -0.609. The molecule has 0 aliphatic carbocycles. The fourth-order valence-corrected chi connectivity index (χ4v) is 4.50. The number of esters is 1. The molecule has 3 aromatic carbocycles. The number of benzene rings is 3. The van der Waals surface area contributed by atoms with Crippen LogP contribution in [-0.2, 0) is 0 Å². The molecular formula is C30H26N2O5. The lowest BCUT2D eigenvalue weighted by atomic mass is 9.83. The van der Waals surface area contributed by atoms with E-state index in [1.54, 1.807) is 18.2 Å². The van der Waals surface area contributed by atoms with Gasteiger partial charge in [0.1, 0.15) is 34.5 Å². The average Bonchev–Trinajstić information content (AvgIpc) is 3.22. The van der Waals surface area contributed by atoms with E-state index in [0.717, 1.165) is 34.2 Å². The number of carbonyl (C=O) groups is 1. The molecule has 0 amide bonds. The first kappa shape index (κ1) is 24.0. The Morgan fingerprint density at radius 2 is 1.81 bits per heavy atom. The van der Waals surface area contributed by atoms with Crippen LogP contribution in [0.15, 0.2) is 76.5 Å². The molecule has 2 N–H and O–H groups in total. The summed E-state index contributed by atoms with van der Waals surface area (Å²) in [6.07, 6.45) is 0.912. The lowest BCUT2D eigenvalue weighted by molar-refractivity contribution is 0.0702. The SMILES string of the molecule is CCCOc1ccc(C2C(C#N)=C(N)Oc3cc(OC(=O)c4oc5cc(C)ccc5c4C)ccc32)cc1. The number of fused-ring (bicyclic) bond motifs is 2. The predicted octanol–water partition coefficient (Wildman–Crippen LogP) is 6.28. The Hall–Kier alpha value is -4.70. The van der Waals surface area contributed by atoms with E-state index >= 15 is 0 Å². The first-order valence-corrected chi connectivity index (χ1v) is 12.1. The smallest absolute Gasteiger partial charge is 0.379 e. The van der Waals surface area contributed by atoms with Crippen LogP contribution in [0, 0.1) is 25.2 Å². The summed E-state index contributed by atoms with van der Waals surface area (Å²) in [7, 11) is 0. The summed E-state index contributed by atoms with van der Waals surface area (Å²) in [5, 5.41) is 10.7. The fourth-order valence-electron chi connectivity index (χ4n) is 4.50. The van der Waals surface area contributed by atoms with Crippen LogP contribution in [-0.4, -0.2) is 12.6 Å². The van der Waals surface area contributed by atoms with Gasteiger partial charge in [0.25, 0.3) is 0 Å². The van der Waals surface area contributed by atoms with E-state index in [2.05, 4.69) is 6.07 Å². The number of hydrogen-bond donors (Lipinski definition) is 1. The Kier molecular flexibility index (Phi) is 6.33. The number of ether oxygens (including phenoxy) is 3. The van der Waals surface area contributed by atoms with E-state index in [-0.39, 0.29) is 17.4 Å². The lowest BCUT2D eigenvalue weighted by Gasteiger charge is -2.26. The molecule has 0 bridgehead atoms. The summed E-state index contributed by atoms with van der Waals surface area (Å²) in [6, 6.07) is 20.6. The summed E-state index contributed by atoms with van der Waals surface area (Å²) in [6.45, 7) is 6.46. The first-order valence-electron chi connectivity index (χ1n) is 12.1. The molecule has 1 unspecified atom stereocenters. The number of aryl methyl sites for hydroxylation is 2. The van der Waals surface area contributed by atoms with Crippen molar-refractivity contribution in [2.75, 3.05) is 6.61 Å². The van der Waals surface area contributed by atoms with Gasteiger partial charge in [-0.3, -0.25) is 0 Å². The highest BCUT2D eigenvalue weighted by Crippen LogP contribution is 2.43. The second-order valence-corrected chi connectivity index (χ2v) is 8.99. The van der Waals surface area contributed by atoms with Gasteiger partial charge in [0.2, 0.25) is 11.6 Å². The highest BCUT2D eigenvalue weighted by molar-refractivity contribution is 5.97. The molecule has 7 heteroatoms. The molecule has 7 nitrogen and oxygen atoms in total. The van der Waals surface area contributed by atoms with E-state index in [9.17, 15) is 10.1 Å². The number of allylic oxidation sites excluding steroid dienone is 1. The highest BCUT2D eigenvalue weighted by atomic mass is 16.5. The van der Waals surface area contributed by atoms with Gasteiger partial charge in [-0.15, -0.1) is 0 Å². The highest BCUT2D eigenvalue weighted by Gasteiger charge is 2.31. The quantitative estimate of drug-likeness (QED) is 0.248. The Bertz CT molecular complexity index is 1570. The number of hydrogen-bond acceptors (Lipinski definition) is 7. The van der Waals surface area contributed by atoms with Gasteiger partial charge in [-0.25, -0.2) is 4.79 Å². The molecule has 4 aromatic rings. The minimum absolute atomic E-state index is 0.0123. The largest absolute Gasteiger partial charge is 0.494 e. The Balaban J connectivity index is 1.44. The molecule has 186 valence electrons. The van der Waals surface area contributed by atoms with Gasteiger partial charge in [0.05, 0.1) is 12.5 Å². The van der Waals surface area contributed by atoms with Gasteiger partial charge in [-0.1, -0.05) is 37.3 Å². The van der Waals surface area contributed by atoms with Crippen molar-refractivity contribution in [3.8, 4) is 23.3 Å². The standard InChI is InChI=1S/C30H26N2O5/c1-4-13-34-20-8-6-19(7-9-20)27-23-12-10-21(15-26(23)37-29(32)24(27)16-31)35-30(33)28-18(3)22-11-5-17(2)14-25(22)36-28/h5-12,14-15,27H,4,13,32H2,1-3H3. The molecule has 2 heterocycles. The van der Waals surface area contributed by atoms with Crippen molar-refractivity contribution >= 4 is 16.9 Å². The van der Waals surface area contributed by atoms with Crippen LogP contribution in [0.5, 0.6) is 17.2 Å². The number of nitrogens with zero attached hydrogens (tertiary/aromatic N) is 1. The zero-order valence-electron chi connectivity index (χ0n) is 20.8. The van der Waals surface area contributed by atoms with Crippen molar-refractivity contribution in [3.05, 3.63) is 100 Å². The van der Waals surface area contributed by atoms with Gasteiger partial charge in [0, 0.05) is 22.6 Å². The number of carbonyl (C=O) groups excluding carboxylic acids is 1. The van der Waals surface area contributed by atoms with Crippen LogP contribution in [0.2, 0.25) is 0 Å². The van der Waals surface area contributed by atoms with Crippen LogP contribution >= 0.6 is 0 Å². The summed E-state index contributed by atoms with van der Waals surface area (Å²) >= 11 is 0. The third-order valence-electron chi connectivity index (χ3n) is 6.37. The summed E-state index contributed by atoms with van der Waals surface area (Å²) in [5.74, 6) is 0.561. The molecular weight excluding hydrogens is 468 g/mol. The zero-order chi connectivity index (χ0) is 26.1. The van der Waals surface area contributed by atoms with E-state index in [1.165, 1.54) is 0 Å². The van der Waals surface area contributed by atoms with Crippen molar-refractivity contribution < 1.29 is 23.4 Å². The molecule has 0 spiro atoms. The molecule has 1 aliphatic heterocycles. The summed E-state index contributed by atoms with van der Waals surface area (Å²) in [5.41, 5.74) is 10.4. The van der Waals surface area contributed by atoms with Crippen LogP contribution in [0.25, 0.3) is 11.0 Å². The average molecular weight is 495 g/mol. The molecule has 0 saturated carbocycles. The summed E-state index contributed by atoms with van der Waals surface area (Å²) < 4.78 is 22.9. The number of rotatable bonds is 6. The molecule has 1 aromatic heterocycles. The van der Waals surface area contributed by atoms with Crippen LogP contribution < -0.4 is 19.9 Å². The van der Waals surface area contributed by atoms with E-state index in [0.29, 0.717) is 29.1 Å². The normalized spacial score (nSPS) is 14.6. The van der Waals surface area contributed by atoms with Gasteiger partial charge in [0.15, 0.2) is 0 Å². The topological polar surface area (TPSA) is 108 Å². The maximum atomic E-state index is 13.0. The lowest BCUT2D eigenvalue weighted by Crippen LogP contribution is -2.21. The number of furan rings is 1. The summed E-state index contributed by atoms with van der Waals surface area (Å²) in [4.78, 5) is 13.0. The Morgan fingerprint density at radius 1 is 1.05 bits per heavy atom. The monoisotopic (exact) mass is 494 g/mol. The van der Waals surface area contributed by atoms with E-state index in [4.69, 9.17) is 24.4 Å². The number of nitrogens with two attached hydrogens (primary N) is 1. The van der Waals surface area contributed by atoms with Crippen LogP contribution in [0.1, 0.15) is 52.1 Å². The predicted molar refractivity (Wildman–Crippen MR) is 139 cm³/mol. The molecule has 37 heavy (non-hydrogen) atoms. The maximum absolute atomic E-state index is 13.0. The minimum Gasteiger partial charge on any atom is -0.494 e. The van der Waals surface area contributed by atoms with Gasteiger partial charge >= 0.3 is 5.97 Å². The Morgan fingerprint density at radius 3 is 2.54 bits per heavy atom. The van der Waals surface area contributed by atoms with Gasteiger partial charge < -0.3 is 24.4 Å². The third kappa shape index (κ3) is 4.50. The van der Waals surface area contributed by atoms with E-state index in [1.807, 2.05) is 63.2 Å². The molecule has 0 saturated heterocycles. The van der Waals surface area contributed by atoms with Crippen molar-refractivity contribution in [1.29, 1.82) is 5.26 Å². The first-order chi connectivity index (χ1) is 17.9. The van der Waals surface area contributed by atoms with Gasteiger partial charge in [-0.05, 0) is 55.7 Å². The second-order valence-electron chi connectivity index (χ2n) is 8.99. The van der Waals surface area contributed by atoms with E-state index < -0.39 is 11.9 Å². The van der Waals surface area contributed by atoms with Gasteiger partial charge in [-0.2, -0.15) is 5.26 Å². The molecule has 5 rings (SSSR count). The molecule has 1 atom stereocenters. The Labute approximate surface area is 214 Å².